The van der Waals surface area contributed by atoms with Gasteiger partial charge in [-0.25, -0.2) is 4.79 Å². The predicted molar refractivity (Wildman–Crippen MR) is 75.8 cm³/mol. The number of amides is 1. The van der Waals surface area contributed by atoms with Gasteiger partial charge in [0.2, 0.25) is 5.91 Å². The minimum absolute atomic E-state index is 0.0987. The summed E-state index contributed by atoms with van der Waals surface area (Å²) < 4.78 is 0. The Labute approximate surface area is 116 Å². The van der Waals surface area contributed by atoms with Gasteiger partial charge in [0.25, 0.3) is 0 Å². The highest BCUT2D eigenvalue weighted by Crippen LogP contribution is 2.26. The lowest BCUT2D eigenvalue weighted by Crippen LogP contribution is -2.20. The summed E-state index contributed by atoms with van der Waals surface area (Å²) in [6, 6.07) is 0. The van der Waals surface area contributed by atoms with Gasteiger partial charge in [0, 0.05) is 18.3 Å². The number of thioether (sulfide) groups is 1. The largest absolute Gasteiger partial charge is 0.478 e. The van der Waals surface area contributed by atoms with Crippen LogP contribution in [0.25, 0.3) is 0 Å². The van der Waals surface area contributed by atoms with Gasteiger partial charge in [-0.3, -0.25) is 4.79 Å². The molecule has 0 aliphatic carbocycles. The molecule has 1 aliphatic heterocycles. The van der Waals surface area contributed by atoms with Gasteiger partial charge in [0.1, 0.15) is 5.56 Å². The van der Waals surface area contributed by atoms with Gasteiger partial charge in [0.15, 0.2) is 0 Å². The van der Waals surface area contributed by atoms with Crippen molar-refractivity contribution in [1.82, 2.24) is 4.98 Å². The molecule has 5 nitrogen and oxygen atoms in total. The number of aromatic nitrogens is 1. The Morgan fingerprint density at radius 2 is 2.16 bits per heavy atom. The van der Waals surface area contributed by atoms with Crippen LogP contribution in [0.15, 0.2) is 6.20 Å². The third-order valence-electron chi connectivity index (χ3n) is 3.38. The standard InChI is InChI=1S/C13H18N2O3S/c1-8-12(13(17)18)10(7-14-8)15-11(16)6-9-2-4-19-5-3-9/h7,9,14H,2-6H2,1H3,(H,15,16)(H,17,18). The topological polar surface area (TPSA) is 82.2 Å². The number of carboxylic acid groups (broad SMARTS) is 1. The van der Waals surface area contributed by atoms with E-state index in [4.69, 9.17) is 5.11 Å². The van der Waals surface area contributed by atoms with Crippen molar-refractivity contribution in [3.63, 3.8) is 0 Å². The summed E-state index contributed by atoms with van der Waals surface area (Å²) >= 11 is 1.92. The number of aromatic carboxylic acids is 1. The van der Waals surface area contributed by atoms with Crippen LogP contribution < -0.4 is 5.32 Å². The fourth-order valence-electron chi connectivity index (χ4n) is 2.31. The molecule has 0 unspecified atom stereocenters. The molecule has 1 aromatic heterocycles. The summed E-state index contributed by atoms with van der Waals surface area (Å²) in [4.78, 5) is 25.9. The van der Waals surface area contributed by atoms with Gasteiger partial charge in [-0.05, 0) is 37.2 Å². The molecule has 1 aliphatic rings. The lowest BCUT2D eigenvalue weighted by Gasteiger charge is -2.20. The van der Waals surface area contributed by atoms with Crippen LogP contribution in [0.4, 0.5) is 5.69 Å². The zero-order chi connectivity index (χ0) is 13.8. The summed E-state index contributed by atoms with van der Waals surface area (Å²) in [5.41, 5.74) is 1.06. The molecule has 104 valence electrons. The highest BCUT2D eigenvalue weighted by atomic mass is 32.2. The molecule has 2 heterocycles. The number of hydrogen-bond donors (Lipinski definition) is 3. The molecular weight excluding hydrogens is 264 g/mol. The van der Waals surface area contributed by atoms with Crippen LogP contribution in [-0.2, 0) is 4.79 Å². The molecular formula is C13H18N2O3S. The lowest BCUT2D eigenvalue weighted by atomic mass is 9.98. The molecule has 0 atom stereocenters. The normalized spacial score (nSPS) is 16.3. The molecule has 1 fully saturated rings. The number of anilines is 1. The molecule has 0 spiro atoms. The number of carbonyl (C=O) groups excluding carboxylic acids is 1. The van der Waals surface area contributed by atoms with Crippen LogP contribution in [0.5, 0.6) is 0 Å². The Hall–Kier alpha value is -1.43. The molecule has 19 heavy (non-hydrogen) atoms. The Morgan fingerprint density at radius 1 is 1.47 bits per heavy atom. The Kier molecular flexibility index (Phi) is 4.52. The van der Waals surface area contributed by atoms with Crippen molar-refractivity contribution in [3.8, 4) is 0 Å². The monoisotopic (exact) mass is 282 g/mol. The van der Waals surface area contributed by atoms with E-state index in [2.05, 4.69) is 10.3 Å². The summed E-state index contributed by atoms with van der Waals surface area (Å²) in [6.07, 6.45) is 4.14. The second-order valence-electron chi connectivity index (χ2n) is 4.82. The number of carbonyl (C=O) groups is 2. The summed E-state index contributed by atoms with van der Waals surface area (Å²) in [7, 11) is 0. The maximum Gasteiger partial charge on any atom is 0.339 e. The number of H-pyrrole nitrogens is 1. The van der Waals surface area contributed by atoms with Crippen molar-refractivity contribution >= 4 is 29.3 Å². The van der Waals surface area contributed by atoms with Gasteiger partial charge in [0.05, 0.1) is 5.69 Å². The molecule has 0 aromatic carbocycles. The second-order valence-corrected chi connectivity index (χ2v) is 6.04. The minimum Gasteiger partial charge on any atom is -0.478 e. The van der Waals surface area contributed by atoms with Crippen molar-refractivity contribution in [2.45, 2.75) is 26.2 Å². The fourth-order valence-corrected chi connectivity index (χ4v) is 3.52. The van der Waals surface area contributed by atoms with E-state index in [1.54, 1.807) is 6.92 Å². The fraction of sp³-hybridized carbons (Fsp3) is 0.538. The highest BCUT2D eigenvalue weighted by molar-refractivity contribution is 7.99. The van der Waals surface area contributed by atoms with Crippen molar-refractivity contribution in [2.24, 2.45) is 5.92 Å². The van der Waals surface area contributed by atoms with E-state index in [0.29, 0.717) is 23.7 Å². The second kappa shape index (κ2) is 6.14. The zero-order valence-electron chi connectivity index (χ0n) is 10.9. The Bertz CT molecular complexity index is 478. The van der Waals surface area contributed by atoms with Crippen LogP contribution >= 0.6 is 11.8 Å². The molecule has 0 radical (unpaired) electrons. The van der Waals surface area contributed by atoms with Crippen molar-refractivity contribution in [1.29, 1.82) is 0 Å². The predicted octanol–water partition coefficient (Wildman–Crippen LogP) is 2.49. The number of hydrogen-bond acceptors (Lipinski definition) is 3. The van der Waals surface area contributed by atoms with E-state index in [0.717, 1.165) is 24.3 Å². The molecule has 1 saturated heterocycles. The van der Waals surface area contributed by atoms with E-state index in [1.807, 2.05) is 11.8 Å². The maximum absolute atomic E-state index is 11.9. The molecule has 1 aromatic rings. The Balaban J connectivity index is 1.96. The van der Waals surface area contributed by atoms with Crippen molar-refractivity contribution in [3.05, 3.63) is 17.5 Å². The first-order valence-electron chi connectivity index (χ1n) is 6.36. The number of nitrogens with one attached hydrogen (secondary N) is 2. The smallest absolute Gasteiger partial charge is 0.339 e. The SMILES string of the molecule is Cc1[nH]cc(NC(=O)CC2CCSCC2)c1C(=O)O. The number of aromatic amines is 1. The molecule has 6 heteroatoms. The molecule has 1 amide bonds. The molecule has 2 rings (SSSR count). The molecule has 0 bridgehead atoms. The highest BCUT2D eigenvalue weighted by Gasteiger charge is 2.20. The molecule has 0 saturated carbocycles. The third-order valence-corrected chi connectivity index (χ3v) is 4.43. The summed E-state index contributed by atoms with van der Waals surface area (Å²) in [6.45, 7) is 1.68. The summed E-state index contributed by atoms with van der Waals surface area (Å²) in [5, 5.41) is 11.8. The van der Waals surface area contributed by atoms with Crippen LogP contribution in [0.2, 0.25) is 0 Å². The van der Waals surface area contributed by atoms with Crippen LogP contribution in [0, 0.1) is 12.8 Å². The van der Waals surface area contributed by atoms with Crippen LogP contribution in [0.1, 0.15) is 35.3 Å². The molecule has 3 N–H and O–H groups in total. The average molecular weight is 282 g/mol. The number of carboxylic acids is 1. The van der Waals surface area contributed by atoms with Crippen molar-refractivity contribution < 1.29 is 14.7 Å². The minimum atomic E-state index is -1.02. The van der Waals surface area contributed by atoms with E-state index >= 15 is 0 Å². The lowest BCUT2D eigenvalue weighted by molar-refractivity contribution is -0.117. The van der Waals surface area contributed by atoms with Gasteiger partial charge < -0.3 is 15.4 Å². The van der Waals surface area contributed by atoms with E-state index in [-0.39, 0.29) is 11.5 Å². The van der Waals surface area contributed by atoms with Gasteiger partial charge >= 0.3 is 5.97 Å². The Morgan fingerprint density at radius 3 is 2.79 bits per heavy atom. The van der Waals surface area contributed by atoms with E-state index in [9.17, 15) is 9.59 Å². The van der Waals surface area contributed by atoms with Gasteiger partial charge in [-0.2, -0.15) is 11.8 Å². The summed E-state index contributed by atoms with van der Waals surface area (Å²) in [5.74, 6) is 1.53. The van der Waals surface area contributed by atoms with Crippen LogP contribution in [-0.4, -0.2) is 33.5 Å². The first-order chi connectivity index (χ1) is 9.08. The maximum atomic E-state index is 11.9. The van der Waals surface area contributed by atoms with Crippen LogP contribution in [0.3, 0.4) is 0 Å². The van der Waals surface area contributed by atoms with Gasteiger partial charge in [-0.1, -0.05) is 0 Å². The van der Waals surface area contributed by atoms with Gasteiger partial charge in [-0.15, -0.1) is 0 Å². The first-order valence-corrected chi connectivity index (χ1v) is 7.52. The number of aryl methyl sites for hydroxylation is 1. The first kappa shape index (κ1) is 14.0. The number of rotatable bonds is 4. The third kappa shape index (κ3) is 3.53. The zero-order valence-corrected chi connectivity index (χ0v) is 11.7. The van der Waals surface area contributed by atoms with E-state index < -0.39 is 5.97 Å². The van der Waals surface area contributed by atoms with Crippen molar-refractivity contribution in [2.75, 3.05) is 16.8 Å². The quantitative estimate of drug-likeness (QED) is 0.792. The van der Waals surface area contributed by atoms with E-state index in [1.165, 1.54) is 6.20 Å². The average Bonchev–Trinajstić information content (AvgIpc) is 2.71.